The van der Waals surface area contributed by atoms with Crippen molar-refractivity contribution < 1.29 is 14.1 Å². The summed E-state index contributed by atoms with van der Waals surface area (Å²) in [7, 11) is 0. The lowest BCUT2D eigenvalue weighted by Gasteiger charge is -2.37. The van der Waals surface area contributed by atoms with Crippen LogP contribution in [0.3, 0.4) is 0 Å². The minimum absolute atomic E-state index is 0.0344. The molecule has 2 heterocycles. The number of non-ortho nitro benzene ring substituents is 1. The quantitative estimate of drug-likeness (QED) is 0.185. The van der Waals surface area contributed by atoms with Crippen LogP contribution in [0.2, 0.25) is 0 Å². The van der Waals surface area contributed by atoms with Gasteiger partial charge in [-0.15, -0.1) is 0 Å². The maximum Gasteiger partial charge on any atom is 0.269 e. The number of anilines is 1. The van der Waals surface area contributed by atoms with Gasteiger partial charge < -0.3 is 9.73 Å². The highest BCUT2D eigenvalue weighted by Crippen LogP contribution is 2.50. The summed E-state index contributed by atoms with van der Waals surface area (Å²) < 4.78 is 5.24. The molecular weight excluding hydrogens is 392 g/mol. The van der Waals surface area contributed by atoms with Gasteiger partial charge in [0.2, 0.25) is 0 Å². The summed E-state index contributed by atoms with van der Waals surface area (Å²) in [6.07, 6.45) is 9.96. The number of allylic oxidation sites excluding steroid dienone is 3. The van der Waals surface area contributed by atoms with Crippen LogP contribution < -0.4 is 5.32 Å². The molecule has 0 saturated carbocycles. The molecule has 2 aliphatic rings. The lowest BCUT2D eigenvalue weighted by Crippen LogP contribution is -2.29. The number of nitrogens with one attached hydrogen (secondary N) is 1. The van der Waals surface area contributed by atoms with Crippen LogP contribution in [0.25, 0.3) is 6.08 Å². The van der Waals surface area contributed by atoms with Crippen LogP contribution in [0.4, 0.5) is 11.4 Å². The number of benzene rings is 2. The summed E-state index contributed by atoms with van der Waals surface area (Å²) in [5, 5.41) is 14.8. The predicted molar refractivity (Wildman–Crippen MR) is 118 cm³/mol. The van der Waals surface area contributed by atoms with E-state index < -0.39 is 0 Å². The van der Waals surface area contributed by atoms with E-state index in [0.717, 1.165) is 23.2 Å². The zero-order valence-electron chi connectivity index (χ0n) is 16.6. The van der Waals surface area contributed by atoms with Crippen molar-refractivity contribution in [2.75, 3.05) is 5.32 Å². The van der Waals surface area contributed by atoms with E-state index in [-0.39, 0.29) is 34.3 Å². The number of carbonyl (C=O) groups is 1. The summed E-state index contributed by atoms with van der Waals surface area (Å²) >= 11 is 0. The Hall–Kier alpha value is -3.93. The van der Waals surface area contributed by atoms with Gasteiger partial charge in [-0.25, -0.2) is 0 Å². The van der Waals surface area contributed by atoms with Crippen molar-refractivity contribution >= 4 is 23.2 Å². The minimum atomic E-state index is -0.362. The monoisotopic (exact) mass is 412 g/mol. The van der Waals surface area contributed by atoms with E-state index in [0.29, 0.717) is 11.3 Å². The first-order valence-corrected chi connectivity index (χ1v) is 10.2. The minimum Gasteiger partial charge on any atom is -0.465 e. The molecule has 5 rings (SSSR count). The van der Waals surface area contributed by atoms with E-state index >= 15 is 0 Å². The van der Waals surface area contributed by atoms with Gasteiger partial charge in [0.05, 0.1) is 17.2 Å². The van der Waals surface area contributed by atoms with Crippen molar-refractivity contribution in [1.82, 2.24) is 0 Å². The molecule has 1 aromatic heterocycles. The molecule has 0 bridgehead atoms. The number of nitro groups is 1. The Balaban J connectivity index is 1.46. The number of hydrogen-bond acceptors (Lipinski definition) is 5. The molecule has 0 amide bonds. The van der Waals surface area contributed by atoms with E-state index in [1.165, 1.54) is 12.1 Å². The molecule has 0 spiro atoms. The Kier molecular flexibility index (Phi) is 4.75. The summed E-state index contributed by atoms with van der Waals surface area (Å²) in [6.45, 7) is 0. The Morgan fingerprint density at radius 2 is 2.06 bits per heavy atom. The van der Waals surface area contributed by atoms with E-state index in [2.05, 4.69) is 17.5 Å². The third kappa shape index (κ3) is 3.57. The molecule has 2 aromatic carbocycles. The number of hydrogen-bond donors (Lipinski definition) is 1. The maximum absolute atomic E-state index is 12.7. The first-order chi connectivity index (χ1) is 15.1. The van der Waals surface area contributed by atoms with Gasteiger partial charge in [0.1, 0.15) is 5.76 Å². The van der Waals surface area contributed by atoms with Crippen molar-refractivity contribution in [3.05, 3.63) is 112 Å². The van der Waals surface area contributed by atoms with Gasteiger partial charge in [-0.05, 0) is 65.9 Å². The molecule has 3 atom stereocenters. The summed E-state index contributed by atoms with van der Waals surface area (Å²) in [5.74, 6) is 0.936. The number of rotatable bonds is 5. The van der Waals surface area contributed by atoms with Crippen LogP contribution in [0.1, 0.15) is 45.6 Å². The van der Waals surface area contributed by atoms with Gasteiger partial charge in [0, 0.05) is 29.3 Å². The summed E-state index contributed by atoms with van der Waals surface area (Å²) in [5.41, 5.74) is 3.65. The van der Waals surface area contributed by atoms with Crippen molar-refractivity contribution in [3.63, 3.8) is 0 Å². The predicted octanol–water partition coefficient (Wildman–Crippen LogP) is 5.91. The van der Waals surface area contributed by atoms with Gasteiger partial charge in [0.15, 0.2) is 5.78 Å². The number of furan rings is 1. The fraction of sp³-hybridized carbons (Fsp3) is 0.160. The third-order valence-electron chi connectivity index (χ3n) is 6.03. The molecule has 31 heavy (non-hydrogen) atoms. The fourth-order valence-electron chi connectivity index (χ4n) is 4.55. The molecule has 6 heteroatoms. The summed E-state index contributed by atoms with van der Waals surface area (Å²) in [4.78, 5) is 23.5. The number of carbonyl (C=O) groups excluding carboxylic acids is 1. The van der Waals surface area contributed by atoms with Crippen LogP contribution >= 0.6 is 0 Å². The van der Waals surface area contributed by atoms with Crippen molar-refractivity contribution in [2.24, 2.45) is 5.92 Å². The standard InChI is InChI=1S/C25H20N2O4/c28-24(12-10-19-6-3-13-31-19)16-9-11-23-22(15-16)20-7-2-8-21(20)25(26-23)17-4-1-5-18(14-17)27(29)30/h1-7,9-15,20-21,25-26H,8H2/b12-10+/t20-,21-,25-/m1/s1. The zero-order chi connectivity index (χ0) is 21.4. The molecule has 6 nitrogen and oxygen atoms in total. The Morgan fingerprint density at radius 3 is 2.87 bits per heavy atom. The first kappa shape index (κ1) is 19.1. The normalized spacial score (nSPS) is 21.5. The number of nitro benzene ring substituents is 1. The first-order valence-electron chi connectivity index (χ1n) is 10.2. The maximum atomic E-state index is 12.7. The molecule has 0 fully saturated rings. The van der Waals surface area contributed by atoms with Crippen LogP contribution in [0.15, 0.2) is 83.5 Å². The number of fused-ring (bicyclic) bond motifs is 3. The molecule has 0 saturated heterocycles. The van der Waals surface area contributed by atoms with E-state index in [1.807, 2.05) is 24.3 Å². The molecule has 1 N–H and O–H groups in total. The van der Waals surface area contributed by atoms with Gasteiger partial charge >= 0.3 is 0 Å². The lowest BCUT2D eigenvalue weighted by atomic mass is 9.76. The van der Waals surface area contributed by atoms with Crippen LogP contribution in [0, 0.1) is 16.0 Å². The SMILES string of the molecule is O=C(/C=C/c1ccco1)c1ccc2c(c1)[C@@H]1C=CC[C@H]1[C@@H](c1cccc([N+](=O)[O-])c1)N2. The van der Waals surface area contributed by atoms with Crippen LogP contribution in [-0.4, -0.2) is 10.7 Å². The molecule has 0 unspecified atom stereocenters. The van der Waals surface area contributed by atoms with E-state index in [9.17, 15) is 14.9 Å². The third-order valence-corrected chi connectivity index (χ3v) is 6.03. The second-order valence-corrected chi connectivity index (χ2v) is 7.84. The number of ketones is 1. The topological polar surface area (TPSA) is 85.4 Å². The molecular formula is C25H20N2O4. The Bertz CT molecular complexity index is 1210. The van der Waals surface area contributed by atoms with E-state index in [1.54, 1.807) is 36.6 Å². The lowest BCUT2D eigenvalue weighted by molar-refractivity contribution is -0.384. The molecule has 3 aromatic rings. The van der Waals surface area contributed by atoms with Crippen molar-refractivity contribution in [1.29, 1.82) is 0 Å². The van der Waals surface area contributed by atoms with Gasteiger partial charge in [-0.3, -0.25) is 14.9 Å². The highest BCUT2D eigenvalue weighted by atomic mass is 16.6. The van der Waals surface area contributed by atoms with Crippen LogP contribution in [-0.2, 0) is 0 Å². The largest absolute Gasteiger partial charge is 0.465 e. The number of nitrogens with zero attached hydrogens (tertiary/aromatic N) is 1. The van der Waals surface area contributed by atoms with Crippen molar-refractivity contribution in [3.8, 4) is 0 Å². The second kappa shape index (κ2) is 7.72. The molecule has 0 radical (unpaired) electrons. The zero-order valence-corrected chi connectivity index (χ0v) is 16.6. The van der Waals surface area contributed by atoms with Crippen molar-refractivity contribution in [2.45, 2.75) is 18.4 Å². The smallest absolute Gasteiger partial charge is 0.269 e. The highest BCUT2D eigenvalue weighted by molar-refractivity contribution is 6.07. The average Bonchev–Trinajstić information content (AvgIpc) is 3.49. The fourth-order valence-corrected chi connectivity index (χ4v) is 4.55. The molecule has 1 aliphatic carbocycles. The highest BCUT2D eigenvalue weighted by Gasteiger charge is 2.38. The van der Waals surface area contributed by atoms with Gasteiger partial charge in [-0.2, -0.15) is 0 Å². The Labute approximate surface area is 179 Å². The summed E-state index contributed by atoms with van der Waals surface area (Å²) in [6, 6.07) is 16.1. The Morgan fingerprint density at radius 1 is 1.16 bits per heavy atom. The second-order valence-electron chi connectivity index (χ2n) is 7.84. The molecule has 154 valence electrons. The van der Waals surface area contributed by atoms with Gasteiger partial charge in [-0.1, -0.05) is 24.3 Å². The van der Waals surface area contributed by atoms with Crippen LogP contribution in [0.5, 0.6) is 0 Å². The van der Waals surface area contributed by atoms with Gasteiger partial charge in [0.25, 0.3) is 5.69 Å². The van der Waals surface area contributed by atoms with E-state index in [4.69, 9.17) is 4.42 Å². The average molecular weight is 412 g/mol. The molecule has 1 aliphatic heterocycles.